The number of hydrogen-bond acceptors (Lipinski definition) is 2. The van der Waals surface area contributed by atoms with E-state index in [-0.39, 0.29) is 11.9 Å². The van der Waals surface area contributed by atoms with Crippen LogP contribution in [0.5, 0.6) is 0 Å². The molecular weight excluding hydrogens is 154 g/mol. The maximum atomic E-state index is 11.3. The van der Waals surface area contributed by atoms with Gasteiger partial charge in [0.05, 0.1) is 12.5 Å². The molecule has 1 radical (unpaired) electrons. The third kappa shape index (κ3) is 2.21. The first-order valence-corrected chi connectivity index (χ1v) is 4.55. The van der Waals surface area contributed by atoms with Gasteiger partial charge in [-0.3, -0.25) is 4.79 Å². The van der Waals surface area contributed by atoms with Crippen LogP contribution in [0.2, 0.25) is 0 Å². The minimum atomic E-state index is -0.0418. The van der Waals surface area contributed by atoms with Gasteiger partial charge in [-0.15, -0.1) is 0 Å². The molecule has 12 heavy (non-hydrogen) atoms. The monoisotopic (exact) mass is 170 g/mol. The van der Waals surface area contributed by atoms with Gasteiger partial charge in [0, 0.05) is 13.1 Å². The van der Waals surface area contributed by atoms with Gasteiger partial charge in [0.2, 0.25) is 0 Å². The van der Waals surface area contributed by atoms with Crippen LogP contribution >= 0.6 is 0 Å². The first-order chi connectivity index (χ1) is 5.75. The Morgan fingerprint density at radius 1 is 1.67 bits per heavy atom. The molecule has 1 rings (SSSR count). The number of rotatable bonds is 2. The van der Waals surface area contributed by atoms with Crippen LogP contribution in [0.1, 0.15) is 20.3 Å². The Morgan fingerprint density at radius 3 is 3.00 bits per heavy atom. The maximum absolute atomic E-state index is 11.3. The zero-order chi connectivity index (χ0) is 8.97. The summed E-state index contributed by atoms with van der Waals surface area (Å²) < 4.78 is 4.97. The standard InChI is InChI=1S/C9H16NO2/c1-3-12-9(11)8-4-5-10-6-7(8)2/h7-8H,3-6H2,1-2H3. The van der Waals surface area contributed by atoms with Crippen LogP contribution in [0.3, 0.4) is 0 Å². The van der Waals surface area contributed by atoms with Crippen molar-refractivity contribution in [3.63, 3.8) is 0 Å². The average molecular weight is 170 g/mol. The Labute approximate surface area is 73.5 Å². The molecule has 0 N–H and O–H groups in total. The van der Waals surface area contributed by atoms with Gasteiger partial charge in [0.1, 0.15) is 0 Å². The van der Waals surface area contributed by atoms with Gasteiger partial charge < -0.3 is 4.74 Å². The molecule has 3 nitrogen and oxygen atoms in total. The molecule has 1 aliphatic heterocycles. The van der Waals surface area contributed by atoms with E-state index >= 15 is 0 Å². The quantitative estimate of drug-likeness (QED) is 0.575. The first kappa shape index (κ1) is 9.52. The number of piperidine rings is 1. The molecule has 0 aliphatic carbocycles. The molecule has 0 saturated carbocycles. The van der Waals surface area contributed by atoms with Crippen LogP contribution in [-0.2, 0) is 9.53 Å². The van der Waals surface area contributed by atoms with Crippen molar-refractivity contribution in [1.29, 1.82) is 0 Å². The normalized spacial score (nSPS) is 29.8. The molecule has 1 saturated heterocycles. The highest BCUT2D eigenvalue weighted by Crippen LogP contribution is 2.20. The first-order valence-electron chi connectivity index (χ1n) is 4.55. The Bertz CT molecular complexity index is 159. The van der Waals surface area contributed by atoms with Crippen LogP contribution in [0.25, 0.3) is 0 Å². The molecule has 0 amide bonds. The van der Waals surface area contributed by atoms with Crippen LogP contribution in [0.4, 0.5) is 0 Å². The summed E-state index contributed by atoms with van der Waals surface area (Å²) in [5.74, 6) is 0.403. The van der Waals surface area contributed by atoms with Crippen molar-refractivity contribution >= 4 is 5.97 Å². The van der Waals surface area contributed by atoms with Gasteiger partial charge in [-0.25, -0.2) is 5.32 Å². The molecule has 1 aliphatic rings. The largest absolute Gasteiger partial charge is 0.466 e. The van der Waals surface area contributed by atoms with E-state index in [9.17, 15) is 4.79 Å². The summed E-state index contributed by atoms with van der Waals surface area (Å²) in [6, 6.07) is 0. The predicted octanol–water partition coefficient (Wildman–Crippen LogP) is 0.810. The van der Waals surface area contributed by atoms with Gasteiger partial charge in [0.15, 0.2) is 0 Å². The highest BCUT2D eigenvalue weighted by Gasteiger charge is 2.28. The second kappa shape index (κ2) is 4.45. The Hall–Kier alpha value is -0.570. The molecule has 3 heteroatoms. The fourth-order valence-corrected chi connectivity index (χ4v) is 1.54. The third-order valence-electron chi connectivity index (χ3n) is 2.29. The molecule has 0 aromatic rings. The minimum absolute atomic E-state index is 0.0418. The number of carbonyl (C=O) groups excluding carboxylic acids is 1. The molecule has 0 bridgehead atoms. The number of esters is 1. The van der Waals surface area contributed by atoms with Gasteiger partial charge in [0.25, 0.3) is 0 Å². The fraction of sp³-hybridized carbons (Fsp3) is 0.889. The van der Waals surface area contributed by atoms with E-state index in [0.717, 1.165) is 19.5 Å². The van der Waals surface area contributed by atoms with Crippen molar-refractivity contribution in [2.75, 3.05) is 19.7 Å². The van der Waals surface area contributed by atoms with Crippen LogP contribution in [0, 0.1) is 11.8 Å². The molecule has 2 atom stereocenters. The molecule has 0 spiro atoms. The van der Waals surface area contributed by atoms with E-state index in [1.165, 1.54) is 0 Å². The number of ether oxygens (including phenoxy) is 1. The lowest BCUT2D eigenvalue weighted by Crippen LogP contribution is -2.36. The predicted molar refractivity (Wildman–Crippen MR) is 45.8 cm³/mol. The van der Waals surface area contributed by atoms with E-state index in [4.69, 9.17) is 4.74 Å². The Morgan fingerprint density at radius 2 is 2.42 bits per heavy atom. The van der Waals surface area contributed by atoms with Gasteiger partial charge in [-0.05, 0) is 19.3 Å². The maximum Gasteiger partial charge on any atom is 0.309 e. The SMILES string of the molecule is CCOC(=O)C1CC[N]CC1C. The second-order valence-electron chi connectivity index (χ2n) is 3.25. The highest BCUT2D eigenvalue weighted by atomic mass is 16.5. The number of hydrogen-bond donors (Lipinski definition) is 0. The zero-order valence-electron chi connectivity index (χ0n) is 7.75. The van der Waals surface area contributed by atoms with E-state index in [2.05, 4.69) is 12.2 Å². The lowest BCUT2D eigenvalue weighted by molar-refractivity contribution is -0.150. The summed E-state index contributed by atoms with van der Waals surface area (Å²) in [4.78, 5) is 11.3. The van der Waals surface area contributed by atoms with Crippen molar-refractivity contribution in [3.8, 4) is 0 Å². The van der Waals surface area contributed by atoms with E-state index in [0.29, 0.717) is 12.5 Å². The molecule has 2 unspecified atom stereocenters. The van der Waals surface area contributed by atoms with E-state index in [1.54, 1.807) is 0 Å². The van der Waals surface area contributed by atoms with Gasteiger partial charge in [-0.1, -0.05) is 6.92 Å². The smallest absolute Gasteiger partial charge is 0.309 e. The fourth-order valence-electron chi connectivity index (χ4n) is 1.54. The molecule has 1 heterocycles. The molecular formula is C9H16NO2. The number of nitrogens with zero attached hydrogens (tertiary/aromatic N) is 1. The Kier molecular flexibility index (Phi) is 3.53. The summed E-state index contributed by atoms with van der Waals surface area (Å²) in [6.45, 7) is 6.01. The molecule has 0 aromatic heterocycles. The Balaban J connectivity index is 2.42. The van der Waals surface area contributed by atoms with Crippen molar-refractivity contribution in [1.82, 2.24) is 5.32 Å². The van der Waals surface area contributed by atoms with Crippen molar-refractivity contribution in [2.24, 2.45) is 11.8 Å². The highest BCUT2D eigenvalue weighted by molar-refractivity contribution is 5.72. The minimum Gasteiger partial charge on any atom is -0.466 e. The summed E-state index contributed by atoms with van der Waals surface area (Å²) in [5.41, 5.74) is 0. The summed E-state index contributed by atoms with van der Waals surface area (Å²) in [7, 11) is 0. The average Bonchev–Trinajstić information content (AvgIpc) is 2.05. The lowest BCUT2D eigenvalue weighted by Gasteiger charge is -2.26. The topological polar surface area (TPSA) is 40.4 Å². The summed E-state index contributed by atoms with van der Waals surface area (Å²) >= 11 is 0. The second-order valence-corrected chi connectivity index (χ2v) is 3.25. The molecule has 0 aromatic carbocycles. The van der Waals surface area contributed by atoms with Crippen LogP contribution < -0.4 is 5.32 Å². The van der Waals surface area contributed by atoms with Crippen molar-refractivity contribution < 1.29 is 9.53 Å². The van der Waals surface area contributed by atoms with E-state index < -0.39 is 0 Å². The third-order valence-corrected chi connectivity index (χ3v) is 2.29. The molecule has 1 fully saturated rings. The van der Waals surface area contributed by atoms with Gasteiger partial charge >= 0.3 is 5.97 Å². The van der Waals surface area contributed by atoms with Crippen molar-refractivity contribution in [3.05, 3.63) is 0 Å². The van der Waals surface area contributed by atoms with Crippen LogP contribution in [-0.4, -0.2) is 25.7 Å². The lowest BCUT2D eigenvalue weighted by atomic mass is 9.88. The van der Waals surface area contributed by atoms with Crippen molar-refractivity contribution in [2.45, 2.75) is 20.3 Å². The zero-order valence-corrected chi connectivity index (χ0v) is 7.75. The van der Waals surface area contributed by atoms with Crippen LogP contribution in [0.15, 0.2) is 0 Å². The summed E-state index contributed by atoms with van der Waals surface area (Å²) in [5, 5.41) is 4.24. The summed E-state index contributed by atoms with van der Waals surface area (Å²) in [6.07, 6.45) is 0.861. The van der Waals surface area contributed by atoms with E-state index in [1.807, 2.05) is 6.92 Å². The number of carbonyl (C=O) groups is 1. The van der Waals surface area contributed by atoms with Gasteiger partial charge in [-0.2, -0.15) is 0 Å². The molecule has 69 valence electrons.